The van der Waals surface area contributed by atoms with E-state index in [-0.39, 0.29) is 6.61 Å². The predicted octanol–water partition coefficient (Wildman–Crippen LogP) is 3.92. The maximum absolute atomic E-state index is 12.4. The first-order chi connectivity index (χ1) is 17.8. The quantitative estimate of drug-likeness (QED) is 0.135. The van der Waals surface area contributed by atoms with Gasteiger partial charge in [0.1, 0.15) is 24.5 Å². The fourth-order valence-electron chi connectivity index (χ4n) is 2.82. The topological polar surface area (TPSA) is 90.9 Å². The summed E-state index contributed by atoms with van der Waals surface area (Å²) in [5.74, 6) is 0.00667. The van der Waals surface area contributed by atoms with Gasteiger partial charge in [0.25, 0.3) is 0 Å². The summed E-state index contributed by atoms with van der Waals surface area (Å²) in [5.41, 5.74) is 0.371. The highest BCUT2D eigenvalue weighted by Gasteiger charge is 2.13. The van der Waals surface area contributed by atoms with Crippen molar-refractivity contribution in [2.75, 3.05) is 92.5 Å². The SMILES string of the molecule is CCCCOCCOCCOCCOC(=O)c1ccccc1OCCOCCOCCOCCCC. The lowest BCUT2D eigenvalue weighted by Gasteiger charge is -2.12. The second kappa shape index (κ2) is 24.9. The summed E-state index contributed by atoms with van der Waals surface area (Å²) in [6, 6.07) is 6.98. The number of para-hydroxylation sites is 1. The van der Waals surface area contributed by atoms with Gasteiger partial charge in [-0.2, -0.15) is 0 Å². The molecule has 0 aromatic heterocycles. The maximum atomic E-state index is 12.4. The fourth-order valence-corrected chi connectivity index (χ4v) is 2.82. The van der Waals surface area contributed by atoms with E-state index < -0.39 is 5.97 Å². The smallest absolute Gasteiger partial charge is 0.342 e. The zero-order valence-electron chi connectivity index (χ0n) is 22.2. The highest BCUT2D eigenvalue weighted by molar-refractivity contribution is 5.92. The van der Waals surface area contributed by atoms with Crippen molar-refractivity contribution in [2.45, 2.75) is 39.5 Å². The van der Waals surface area contributed by atoms with E-state index in [1.807, 2.05) is 0 Å². The largest absolute Gasteiger partial charge is 0.490 e. The van der Waals surface area contributed by atoms with Gasteiger partial charge in [-0.15, -0.1) is 0 Å². The lowest BCUT2D eigenvalue weighted by Crippen LogP contribution is -2.16. The van der Waals surface area contributed by atoms with Crippen molar-refractivity contribution in [2.24, 2.45) is 0 Å². The van der Waals surface area contributed by atoms with Gasteiger partial charge in [0, 0.05) is 13.2 Å². The van der Waals surface area contributed by atoms with Gasteiger partial charge in [0.15, 0.2) is 0 Å². The molecular weight excluding hydrogens is 468 g/mol. The zero-order valence-corrected chi connectivity index (χ0v) is 22.2. The number of benzene rings is 1. The average Bonchev–Trinajstić information content (AvgIpc) is 2.90. The highest BCUT2D eigenvalue weighted by atomic mass is 16.6. The van der Waals surface area contributed by atoms with E-state index in [1.54, 1.807) is 24.3 Å². The number of hydrogen-bond acceptors (Lipinski definition) is 9. The van der Waals surface area contributed by atoms with Gasteiger partial charge >= 0.3 is 5.97 Å². The van der Waals surface area contributed by atoms with E-state index in [2.05, 4.69) is 13.8 Å². The minimum absolute atomic E-state index is 0.153. The monoisotopic (exact) mass is 514 g/mol. The molecule has 36 heavy (non-hydrogen) atoms. The van der Waals surface area contributed by atoms with E-state index in [1.165, 1.54) is 0 Å². The molecule has 0 heterocycles. The first-order valence-electron chi connectivity index (χ1n) is 13.1. The van der Waals surface area contributed by atoms with Crippen molar-refractivity contribution >= 4 is 5.97 Å². The van der Waals surface area contributed by atoms with Crippen LogP contribution in [0.3, 0.4) is 0 Å². The number of esters is 1. The third-order valence-electron chi connectivity index (χ3n) is 4.83. The Morgan fingerprint density at radius 2 is 0.972 bits per heavy atom. The third kappa shape index (κ3) is 18.5. The summed E-state index contributed by atoms with van der Waals surface area (Å²) in [5, 5.41) is 0. The number of carbonyl (C=O) groups is 1. The van der Waals surface area contributed by atoms with Crippen LogP contribution in [0.1, 0.15) is 49.9 Å². The van der Waals surface area contributed by atoms with Gasteiger partial charge in [-0.05, 0) is 25.0 Å². The van der Waals surface area contributed by atoms with Crippen molar-refractivity contribution in [1.29, 1.82) is 0 Å². The van der Waals surface area contributed by atoms with Gasteiger partial charge in [-0.3, -0.25) is 0 Å². The number of hydrogen-bond donors (Lipinski definition) is 0. The molecule has 208 valence electrons. The molecule has 9 nitrogen and oxygen atoms in total. The Morgan fingerprint density at radius 1 is 0.556 bits per heavy atom. The minimum Gasteiger partial charge on any atom is -0.490 e. The molecule has 0 amide bonds. The molecule has 0 saturated heterocycles. The molecule has 1 aromatic rings. The van der Waals surface area contributed by atoms with Crippen LogP contribution in [0.5, 0.6) is 5.75 Å². The first-order valence-corrected chi connectivity index (χ1v) is 13.1. The molecule has 9 heteroatoms. The molecule has 0 unspecified atom stereocenters. The summed E-state index contributed by atoms with van der Waals surface area (Å²) in [6.45, 7) is 11.2. The summed E-state index contributed by atoms with van der Waals surface area (Å²) >= 11 is 0. The predicted molar refractivity (Wildman–Crippen MR) is 137 cm³/mol. The molecule has 0 fully saturated rings. The summed E-state index contributed by atoms with van der Waals surface area (Å²) < 4.78 is 43.7. The van der Waals surface area contributed by atoms with Gasteiger partial charge in [0.05, 0.1) is 66.1 Å². The lowest BCUT2D eigenvalue weighted by atomic mass is 10.2. The molecule has 0 aliphatic carbocycles. The summed E-state index contributed by atoms with van der Waals surface area (Å²) in [6.07, 6.45) is 4.40. The lowest BCUT2D eigenvalue weighted by molar-refractivity contribution is 0.0000557. The van der Waals surface area contributed by atoms with E-state index in [4.69, 9.17) is 37.9 Å². The third-order valence-corrected chi connectivity index (χ3v) is 4.83. The van der Waals surface area contributed by atoms with Crippen LogP contribution >= 0.6 is 0 Å². The van der Waals surface area contributed by atoms with Crippen LogP contribution in [0.25, 0.3) is 0 Å². The Morgan fingerprint density at radius 3 is 1.47 bits per heavy atom. The highest BCUT2D eigenvalue weighted by Crippen LogP contribution is 2.18. The Labute approximate surface area is 216 Å². The number of rotatable bonds is 26. The molecular formula is C27H46O9. The molecule has 0 spiro atoms. The number of carbonyl (C=O) groups excluding carboxylic acids is 1. The van der Waals surface area contributed by atoms with Crippen LogP contribution in [0.2, 0.25) is 0 Å². The van der Waals surface area contributed by atoms with Gasteiger partial charge in [0.2, 0.25) is 0 Å². The molecule has 0 aliphatic rings. The van der Waals surface area contributed by atoms with Gasteiger partial charge < -0.3 is 37.9 Å². The van der Waals surface area contributed by atoms with Crippen LogP contribution in [0.4, 0.5) is 0 Å². The second-order valence-corrected chi connectivity index (χ2v) is 7.86. The fraction of sp³-hybridized carbons (Fsp3) is 0.741. The molecule has 0 N–H and O–H groups in total. The van der Waals surface area contributed by atoms with Crippen molar-refractivity contribution in [3.8, 4) is 5.75 Å². The van der Waals surface area contributed by atoms with Crippen molar-refractivity contribution in [1.82, 2.24) is 0 Å². The van der Waals surface area contributed by atoms with E-state index in [0.717, 1.165) is 38.9 Å². The van der Waals surface area contributed by atoms with Crippen LogP contribution in [0.15, 0.2) is 24.3 Å². The van der Waals surface area contributed by atoms with Crippen LogP contribution < -0.4 is 4.74 Å². The molecule has 1 rings (SSSR count). The average molecular weight is 515 g/mol. The Bertz CT molecular complexity index is 627. The number of ether oxygens (including phenoxy) is 8. The Kier molecular flexibility index (Phi) is 22.3. The summed E-state index contributed by atoms with van der Waals surface area (Å²) in [4.78, 5) is 12.4. The second-order valence-electron chi connectivity index (χ2n) is 7.86. The van der Waals surface area contributed by atoms with Crippen molar-refractivity contribution in [3.63, 3.8) is 0 Å². The van der Waals surface area contributed by atoms with Crippen molar-refractivity contribution in [3.05, 3.63) is 29.8 Å². The van der Waals surface area contributed by atoms with Gasteiger partial charge in [-0.1, -0.05) is 38.8 Å². The minimum atomic E-state index is -0.454. The molecule has 0 bridgehead atoms. The molecule has 0 radical (unpaired) electrons. The number of unbranched alkanes of at least 4 members (excludes halogenated alkanes) is 2. The molecule has 1 aromatic carbocycles. The molecule has 0 aliphatic heterocycles. The van der Waals surface area contributed by atoms with Crippen LogP contribution in [-0.2, 0) is 33.2 Å². The van der Waals surface area contributed by atoms with E-state index in [0.29, 0.717) is 84.0 Å². The van der Waals surface area contributed by atoms with Gasteiger partial charge in [-0.25, -0.2) is 4.79 Å². The first kappa shape index (κ1) is 32.3. The standard InChI is InChI=1S/C27H46O9/c1-3-5-11-29-13-15-31-17-19-33-21-23-35-26-10-8-7-9-25(26)27(28)36-24-22-34-20-18-32-16-14-30-12-6-4-2/h7-10H,3-6,11-24H2,1-2H3. The summed E-state index contributed by atoms with van der Waals surface area (Å²) in [7, 11) is 0. The molecule has 0 saturated carbocycles. The Hall–Kier alpha value is -1.75. The van der Waals surface area contributed by atoms with E-state index >= 15 is 0 Å². The van der Waals surface area contributed by atoms with Crippen molar-refractivity contribution < 1.29 is 42.7 Å². The van der Waals surface area contributed by atoms with E-state index in [9.17, 15) is 4.79 Å². The maximum Gasteiger partial charge on any atom is 0.342 e. The van der Waals surface area contributed by atoms with Crippen LogP contribution in [0, 0.1) is 0 Å². The Balaban J connectivity index is 2.04. The molecule has 0 atom stereocenters. The normalized spacial score (nSPS) is 11.1. The van der Waals surface area contributed by atoms with Crippen LogP contribution in [-0.4, -0.2) is 98.5 Å². The zero-order chi connectivity index (χ0) is 25.9.